The number of anilines is 3. The van der Waals surface area contributed by atoms with E-state index in [-0.39, 0.29) is 48.2 Å². The van der Waals surface area contributed by atoms with Crippen molar-refractivity contribution in [2.45, 2.75) is 27.3 Å². The highest BCUT2D eigenvalue weighted by Crippen LogP contribution is 2.38. The molecule has 2 amide bonds. The molecule has 0 unspecified atom stereocenters. The van der Waals surface area contributed by atoms with Gasteiger partial charge in [0, 0.05) is 23.9 Å². The molecular weight excluding hydrogens is 410 g/mol. The van der Waals surface area contributed by atoms with Crippen LogP contribution >= 0.6 is 11.6 Å². The van der Waals surface area contributed by atoms with E-state index in [1.54, 1.807) is 25.1 Å². The van der Waals surface area contributed by atoms with Gasteiger partial charge >= 0.3 is 0 Å². The topological polar surface area (TPSA) is 127 Å². The average molecular weight is 434 g/mol. The number of halogens is 1. The number of nitrogens with zero attached hydrogens (tertiary/aromatic N) is 5. The fourth-order valence-electron chi connectivity index (χ4n) is 3.44. The van der Waals surface area contributed by atoms with Crippen LogP contribution in [0.15, 0.2) is 6.20 Å². The Hall–Kier alpha value is -3.14. The van der Waals surface area contributed by atoms with E-state index < -0.39 is 0 Å². The summed E-state index contributed by atoms with van der Waals surface area (Å²) in [5.74, 6) is 0.473. The smallest absolute Gasteiger partial charge is 0.247 e. The van der Waals surface area contributed by atoms with Gasteiger partial charge in [0.05, 0.1) is 25.9 Å². The molecule has 0 fully saturated rings. The Balaban J connectivity index is 2.02. The largest absolute Gasteiger partial charge is 0.496 e. The molecule has 0 aliphatic carbocycles. The van der Waals surface area contributed by atoms with Crippen molar-refractivity contribution in [3.8, 4) is 5.75 Å². The van der Waals surface area contributed by atoms with E-state index >= 15 is 0 Å². The number of hydrogen-bond donors (Lipinski definition) is 2. The molecule has 3 heterocycles. The summed E-state index contributed by atoms with van der Waals surface area (Å²) in [5, 5.41) is 2.68. The number of aromatic nitrogens is 3. The van der Waals surface area contributed by atoms with Crippen molar-refractivity contribution >= 4 is 40.9 Å². The summed E-state index contributed by atoms with van der Waals surface area (Å²) in [6.45, 7) is 6.15. The molecule has 160 valence electrons. The van der Waals surface area contributed by atoms with Gasteiger partial charge in [0.25, 0.3) is 0 Å². The summed E-state index contributed by atoms with van der Waals surface area (Å²) in [6.07, 6.45) is 1.72. The second-order valence-electron chi connectivity index (χ2n) is 6.88. The zero-order valence-corrected chi connectivity index (χ0v) is 18.1. The van der Waals surface area contributed by atoms with Crippen molar-refractivity contribution in [3.63, 3.8) is 0 Å². The van der Waals surface area contributed by atoms with Crippen molar-refractivity contribution in [2.24, 2.45) is 0 Å². The fourth-order valence-corrected chi connectivity index (χ4v) is 3.71. The summed E-state index contributed by atoms with van der Waals surface area (Å²) < 4.78 is 5.47. The van der Waals surface area contributed by atoms with Crippen LogP contribution in [0.1, 0.15) is 23.7 Å². The van der Waals surface area contributed by atoms with Gasteiger partial charge < -0.3 is 20.7 Å². The molecule has 0 bridgehead atoms. The first-order chi connectivity index (χ1) is 14.3. The van der Waals surface area contributed by atoms with Gasteiger partial charge in [0.15, 0.2) is 11.0 Å². The van der Waals surface area contributed by atoms with E-state index in [2.05, 4.69) is 20.3 Å². The molecular formula is C19H24ClN7O3. The van der Waals surface area contributed by atoms with Gasteiger partial charge in [0.2, 0.25) is 17.8 Å². The van der Waals surface area contributed by atoms with Crippen LogP contribution < -0.4 is 25.6 Å². The van der Waals surface area contributed by atoms with Gasteiger partial charge in [-0.2, -0.15) is 9.97 Å². The van der Waals surface area contributed by atoms with Gasteiger partial charge in [-0.15, -0.1) is 0 Å². The molecule has 3 N–H and O–H groups in total. The van der Waals surface area contributed by atoms with Crippen molar-refractivity contribution in [3.05, 3.63) is 28.2 Å². The van der Waals surface area contributed by atoms with Gasteiger partial charge in [-0.05, 0) is 20.8 Å². The number of nitrogen functional groups attached to an aromatic ring is 1. The van der Waals surface area contributed by atoms with E-state index in [1.165, 1.54) is 4.90 Å². The number of carbonyl (C=O) groups excluding carboxylic acids is 2. The molecule has 0 saturated carbocycles. The highest BCUT2D eigenvalue weighted by molar-refractivity contribution is 6.34. The van der Waals surface area contributed by atoms with Crippen LogP contribution in [-0.4, -0.2) is 53.5 Å². The Bertz CT molecular complexity index is 999. The van der Waals surface area contributed by atoms with E-state index in [1.807, 2.05) is 13.8 Å². The van der Waals surface area contributed by atoms with Crippen LogP contribution in [-0.2, 0) is 16.1 Å². The zero-order chi connectivity index (χ0) is 22.0. The first-order valence-electron chi connectivity index (χ1n) is 9.40. The summed E-state index contributed by atoms with van der Waals surface area (Å²) in [6, 6.07) is 0. The number of likely N-dealkylation sites (N-methyl/N-ethyl adjacent to an activating group) is 1. The second-order valence-corrected chi connectivity index (χ2v) is 7.24. The molecule has 0 spiro atoms. The molecule has 0 radical (unpaired) electrons. The highest BCUT2D eigenvalue weighted by atomic mass is 35.5. The molecule has 1 aliphatic rings. The predicted molar refractivity (Wildman–Crippen MR) is 114 cm³/mol. The summed E-state index contributed by atoms with van der Waals surface area (Å²) in [7, 11) is 1.60. The number of hydrogen-bond acceptors (Lipinski definition) is 8. The minimum absolute atomic E-state index is 0.00557. The Labute approximate surface area is 179 Å². The summed E-state index contributed by atoms with van der Waals surface area (Å²) in [4.78, 5) is 40.8. The molecule has 2 aromatic rings. The molecule has 30 heavy (non-hydrogen) atoms. The molecule has 0 atom stereocenters. The Morgan fingerprint density at radius 2 is 2.10 bits per heavy atom. The molecule has 1 aliphatic heterocycles. The molecule has 3 rings (SSSR count). The number of methoxy groups -OCH3 is 1. The zero-order valence-electron chi connectivity index (χ0n) is 17.3. The molecule has 2 aromatic heterocycles. The lowest BCUT2D eigenvalue weighted by molar-refractivity contribution is -0.123. The first-order valence-corrected chi connectivity index (χ1v) is 9.78. The number of amides is 2. The number of carbonyl (C=O) groups is 2. The van der Waals surface area contributed by atoms with E-state index in [9.17, 15) is 9.59 Å². The quantitative estimate of drug-likeness (QED) is 0.651. The number of pyridine rings is 1. The first kappa shape index (κ1) is 21.6. The number of ether oxygens (including phenoxy) is 1. The Morgan fingerprint density at radius 1 is 1.37 bits per heavy atom. The maximum absolute atomic E-state index is 12.9. The number of nitrogens with two attached hydrogens (primary N) is 1. The lowest BCUT2D eigenvalue weighted by Crippen LogP contribution is -2.50. The monoisotopic (exact) mass is 433 g/mol. The van der Waals surface area contributed by atoms with Crippen LogP contribution in [0.3, 0.4) is 0 Å². The fraction of sp³-hybridized carbons (Fsp3) is 0.421. The van der Waals surface area contributed by atoms with E-state index in [4.69, 9.17) is 22.1 Å². The van der Waals surface area contributed by atoms with Gasteiger partial charge in [-0.1, -0.05) is 11.6 Å². The number of fused-ring (bicyclic) bond motifs is 1. The predicted octanol–water partition coefficient (Wildman–Crippen LogP) is 1.22. The minimum atomic E-state index is -0.307. The van der Waals surface area contributed by atoms with Gasteiger partial charge in [-0.3, -0.25) is 19.5 Å². The lowest BCUT2D eigenvalue weighted by atomic mass is 10.1. The summed E-state index contributed by atoms with van der Waals surface area (Å²) >= 11 is 6.32. The summed E-state index contributed by atoms with van der Waals surface area (Å²) in [5.41, 5.74) is 8.57. The number of nitrogens with one attached hydrogen (secondary N) is 1. The standard InChI is InChI=1S/C19H24ClN7O3/c1-5-22-13(28)8-27-14(29)9-26(18-15(27)17(20)24-19(21)25-18)7-12-11(3)16(30-4)10(2)6-23-12/h6H,5,7-9H2,1-4H3,(H,22,28)(H2,21,24,25). The second kappa shape index (κ2) is 8.70. The molecule has 11 heteroatoms. The van der Waals surface area contributed by atoms with Gasteiger partial charge in [0.1, 0.15) is 18.0 Å². The maximum Gasteiger partial charge on any atom is 0.247 e. The van der Waals surface area contributed by atoms with Crippen LogP contribution in [0.4, 0.5) is 17.5 Å². The number of aryl methyl sites for hydroxylation is 1. The van der Waals surface area contributed by atoms with Crippen molar-refractivity contribution in [1.29, 1.82) is 0 Å². The van der Waals surface area contributed by atoms with Crippen molar-refractivity contribution in [1.82, 2.24) is 20.3 Å². The van der Waals surface area contributed by atoms with E-state index in [0.717, 1.165) is 22.6 Å². The molecule has 0 saturated heterocycles. The Morgan fingerprint density at radius 3 is 2.77 bits per heavy atom. The minimum Gasteiger partial charge on any atom is -0.496 e. The van der Waals surface area contributed by atoms with E-state index in [0.29, 0.717) is 12.4 Å². The van der Waals surface area contributed by atoms with Crippen LogP contribution in [0.2, 0.25) is 5.15 Å². The average Bonchev–Trinajstić information content (AvgIpc) is 2.67. The van der Waals surface area contributed by atoms with Crippen molar-refractivity contribution in [2.75, 3.05) is 42.3 Å². The molecule has 0 aromatic carbocycles. The number of rotatable bonds is 6. The van der Waals surface area contributed by atoms with Crippen LogP contribution in [0.5, 0.6) is 5.75 Å². The van der Waals surface area contributed by atoms with Gasteiger partial charge in [-0.25, -0.2) is 0 Å². The Kier molecular flexibility index (Phi) is 6.25. The highest BCUT2D eigenvalue weighted by Gasteiger charge is 2.35. The van der Waals surface area contributed by atoms with Crippen LogP contribution in [0.25, 0.3) is 0 Å². The lowest BCUT2D eigenvalue weighted by Gasteiger charge is -2.36. The SMILES string of the molecule is CCNC(=O)CN1C(=O)CN(Cc2ncc(C)c(OC)c2C)c2nc(N)nc(Cl)c21. The third-order valence-electron chi connectivity index (χ3n) is 4.80. The molecule has 10 nitrogen and oxygen atoms in total. The van der Waals surface area contributed by atoms with Crippen molar-refractivity contribution < 1.29 is 14.3 Å². The van der Waals surface area contributed by atoms with Crippen LogP contribution in [0, 0.1) is 13.8 Å². The third-order valence-corrected chi connectivity index (χ3v) is 5.07. The maximum atomic E-state index is 12.9. The normalized spacial score (nSPS) is 13.3. The third kappa shape index (κ3) is 4.09.